The molecule has 0 aromatic carbocycles. The number of hydrogen-bond acceptors (Lipinski definition) is 3. The van der Waals surface area contributed by atoms with E-state index in [1.165, 1.54) is 6.33 Å². The molecule has 2 rings (SSSR count). The first kappa shape index (κ1) is 8.87. The van der Waals surface area contributed by atoms with Crippen LogP contribution in [-0.2, 0) is 13.5 Å². The third-order valence-electron chi connectivity index (χ3n) is 2.32. The predicted molar refractivity (Wildman–Crippen MR) is 53.3 cm³/mol. The maximum absolute atomic E-state index is 10.8. The summed E-state index contributed by atoms with van der Waals surface area (Å²) in [5, 5.41) is 0.882. The van der Waals surface area contributed by atoms with Crippen molar-refractivity contribution in [2.75, 3.05) is 0 Å². The van der Waals surface area contributed by atoms with Gasteiger partial charge in [0.1, 0.15) is 12.0 Å². The van der Waals surface area contributed by atoms with Crippen LogP contribution in [0.4, 0.5) is 0 Å². The van der Waals surface area contributed by atoms with E-state index in [1.54, 1.807) is 6.20 Å². The fourth-order valence-corrected chi connectivity index (χ4v) is 1.67. The Hall–Kier alpha value is -1.71. The molecule has 0 bridgehead atoms. The van der Waals surface area contributed by atoms with Gasteiger partial charge in [0.05, 0.1) is 11.1 Å². The molecule has 0 aliphatic heterocycles. The Bertz CT molecular complexity index is 487. The van der Waals surface area contributed by atoms with Crippen molar-refractivity contribution < 1.29 is 4.79 Å². The minimum atomic E-state index is 0.667. The van der Waals surface area contributed by atoms with E-state index in [4.69, 9.17) is 0 Å². The SMILES string of the molecule is CCc1ncnc2c1c(C=O)cn2C. The molecule has 0 aliphatic carbocycles. The molecule has 0 unspecified atom stereocenters. The van der Waals surface area contributed by atoms with Crippen LogP contribution in [0.25, 0.3) is 11.0 Å². The lowest BCUT2D eigenvalue weighted by atomic mass is 10.2. The van der Waals surface area contributed by atoms with E-state index >= 15 is 0 Å². The molecule has 2 heterocycles. The van der Waals surface area contributed by atoms with Gasteiger partial charge in [-0.25, -0.2) is 9.97 Å². The Morgan fingerprint density at radius 3 is 2.93 bits per heavy atom. The second kappa shape index (κ2) is 3.21. The minimum absolute atomic E-state index is 0.667. The van der Waals surface area contributed by atoms with Crippen LogP contribution in [0.2, 0.25) is 0 Å². The van der Waals surface area contributed by atoms with Gasteiger partial charge in [-0.15, -0.1) is 0 Å². The first-order chi connectivity index (χ1) is 6.77. The van der Waals surface area contributed by atoms with Crippen molar-refractivity contribution in [3.63, 3.8) is 0 Å². The Kier molecular flexibility index (Phi) is 2.04. The number of carbonyl (C=O) groups is 1. The van der Waals surface area contributed by atoms with Crippen LogP contribution >= 0.6 is 0 Å². The number of aromatic nitrogens is 3. The highest BCUT2D eigenvalue weighted by atomic mass is 16.1. The zero-order valence-corrected chi connectivity index (χ0v) is 8.19. The Morgan fingerprint density at radius 2 is 2.29 bits per heavy atom. The Morgan fingerprint density at radius 1 is 1.50 bits per heavy atom. The minimum Gasteiger partial charge on any atom is -0.335 e. The highest BCUT2D eigenvalue weighted by Crippen LogP contribution is 2.19. The molecule has 2 aromatic heterocycles. The number of rotatable bonds is 2. The fourth-order valence-electron chi connectivity index (χ4n) is 1.67. The Labute approximate surface area is 81.6 Å². The molecule has 0 fully saturated rings. The van der Waals surface area contributed by atoms with Gasteiger partial charge < -0.3 is 4.57 Å². The summed E-state index contributed by atoms with van der Waals surface area (Å²) in [7, 11) is 1.88. The van der Waals surface area contributed by atoms with Gasteiger partial charge in [0.25, 0.3) is 0 Å². The van der Waals surface area contributed by atoms with E-state index in [1.807, 2.05) is 18.5 Å². The summed E-state index contributed by atoms with van der Waals surface area (Å²) in [5.41, 5.74) is 2.41. The molecule has 0 aliphatic rings. The van der Waals surface area contributed by atoms with E-state index in [9.17, 15) is 4.79 Å². The van der Waals surface area contributed by atoms with Gasteiger partial charge in [-0.3, -0.25) is 4.79 Å². The third-order valence-corrected chi connectivity index (χ3v) is 2.32. The van der Waals surface area contributed by atoms with Crippen LogP contribution in [0, 0.1) is 0 Å². The monoisotopic (exact) mass is 189 g/mol. The van der Waals surface area contributed by atoms with Crippen molar-refractivity contribution >= 4 is 17.3 Å². The van der Waals surface area contributed by atoms with Gasteiger partial charge in [0, 0.05) is 18.8 Å². The normalized spacial score (nSPS) is 10.7. The zero-order chi connectivity index (χ0) is 10.1. The lowest BCUT2D eigenvalue weighted by Crippen LogP contribution is -1.93. The smallest absolute Gasteiger partial charge is 0.152 e. The molecule has 4 nitrogen and oxygen atoms in total. The summed E-state index contributed by atoms with van der Waals surface area (Å²) in [4.78, 5) is 19.1. The van der Waals surface area contributed by atoms with Gasteiger partial charge in [0.2, 0.25) is 0 Å². The van der Waals surface area contributed by atoms with Crippen LogP contribution < -0.4 is 0 Å². The van der Waals surface area contributed by atoms with Crippen LogP contribution in [0.5, 0.6) is 0 Å². The number of fused-ring (bicyclic) bond motifs is 1. The van der Waals surface area contributed by atoms with Crippen LogP contribution in [0.3, 0.4) is 0 Å². The first-order valence-electron chi connectivity index (χ1n) is 4.52. The van der Waals surface area contributed by atoms with Crippen molar-refractivity contribution in [1.29, 1.82) is 0 Å². The molecular formula is C10H11N3O. The average Bonchev–Trinajstić information content (AvgIpc) is 2.56. The third kappa shape index (κ3) is 1.11. The first-order valence-corrected chi connectivity index (χ1v) is 4.52. The summed E-state index contributed by atoms with van der Waals surface area (Å²) in [5.74, 6) is 0. The number of nitrogens with zero attached hydrogens (tertiary/aromatic N) is 3. The van der Waals surface area contributed by atoms with Crippen molar-refractivity contribution in [1.82, 2.24) is 14.5 Å². The second-order valence-electron chi connectivity index (χ2n) is 3.19. The second-order valence-corrected chi connectivity index (χ2v) is 3.19. The van der Waals surface area contributed by atoms with Crippen molar-refractivity contribution in [3.05, 3.63) is 23.8 Å². The molecule has 14 heavy (non-hydrogen) atoms. The van der Waals surface area contributed by atoms with E-state index in [-0.39, 0.29) is 0 Å². The maximum atomic E-state index is 10.8. The standard InChI is InChI=1S/C10H11N3O/c1-3-8-9-7(5-14)4-13(2)10(9)12-6-11-8/h4-6H,3H2,1-2H3. The van der Waals surface area contributed by atoms with Gasteiger partial charge in [-0.1, -0.05) is 6.92 Å². The molecule has 0 saturated heterocycles. The fraction of sp³-hybridized carbons (Fsp3) is 0.300. The molecule has 0 radical (unpaired) electrons. The van der Waals surface area contributed by atoms with E-state index < -0.39 is 0 Å². The average molecular weight is 189 g/mol. The summed E-state index contributed by atoms with van der Waals surface area (Å²) in [6.07, 6.45) is 4.98. The lowest BCUT2D eigenvalue weighted by Gasteiger charge is -1.98. The molecule has 4 heteroatoms. The zero-order valence-electron chi connectivity index (χ0n) is 8.19. The van der Waals surface area contributed by atoms with Gasteiger partial charge in [-0.2, -0.15) is 0 Å². The molecule has 0 spiro atoms. The maximum Gasteiger partial charge on any atom is 0.152 e. The molecular weight excluding hydrogens is 178 g/mol. The highest BCUT2D eigenvalue weighted by Gasteiger charge is 2.10. The number of aryl methyl sites for hydroxylation is 2. The summed E-state index contributed by atoms with van der Waals surface area (Å²) < 4.78 is 1.85. The molecule has 2 aromatic rings. The molecule has 72 valence electrons. The van der Waals surface area contributed by atoms with E-state index in [0.717, 1.165) is 29.4 Å². The summed E-state index contributed by atoms with van der Waals surface area (Å²) in [6, 6.07) is 0. The van der Waals surface area contributed by atoms with Crippen LogP contribution in [-0.4, -0.2) is 20.8 Å². The largest absolute Gasteiger partial charge is 0.335 e. The number of hydrogen-bond donors (Lipinski definition) is 0. The Balaban J connectivity index is 2.89. The van der Waals surface area contributed by atoms with Crippen molar-refractivity contribution in [3.8, 4) is 0 Å². The predicted octanol–water partition coefficient (Wildman–Crippen LogP) is 1.34. The van der Waals surface area contributed by atoms with Crippen molar-refractivity contribution in [2.45, 2.75) is 13.3 Å². The van der Waals surface area contributed by atoms with Gasteiger partial charge in [0.15, 0.2) is 6.29 Å². The van der Waals surface area contributed by atoms with Gasteiger partial charge in [-0.05, 0) is 6.42 Å². The lowest BCUT2D eigenvalue weighted by molar-refractivity contribution is 0.112. The molecule has 0 N–H and O–H groups in total. The molecule has 0 amide bonds. The summed E-state index contributed by atoms with van der Waals surface area (Å²) in [6.45, 7) is 2.02. The van der Waals surface area contributed by atoms with Crippen LogP contribution in [0.15, 0.2) is 12.5 Å². The van der Waals surface area contributed by atoms with Crippen LogP contribution in [0.1, 0.15) is 23.0 Å². The molecule has 0 saturated carbocycles. The quantitative estimate of drug-likeness (QED) is 0.670. The van der Waals surface area contributed by atoms with E-state index in [0.29, 0.717) is 5.56 Å². The highest BCUT2D eigenvalue weighted by molar-refractivity contribution is 5.97. The van der Waals surface area contributed by atoms with Crippen molar-refractivity contribution in [2.24, 2.45) is 7.05 Å². The number of aldehydes is 1. The van der Waals surface area contributed by atoms with Gasteiger partial charge >= 0.3 is 0 Å². The molecule has 0 atom stereocenters. The number of carbonyl (C=O) groups excluding carboxylic acids is 1. The summed E-state index contributed by atoms with van der Waals surface area (Å²) >= 11 is 0. The van der Waals surface area contributed by atoms with E-state index in [2.05, 4.69) is 9.97 Å². The topological polar surface area (TPSA) is 47.8 Å².